The molecular weight excluding hydrogens is 294 g/mol. The van der Waals surface area contributed by atoms with Gasteiger partial charge in [0, 0.05) is 24.5 Å². The lowest BCUT2D eigenvalue weighted by molar-refractivity contribution is 0.0951. The smallest absolute Gasteiger partial charge is 0.253 e. The van der Waals surface area contributed by atoms with Gasteiger partial charge in [-0.25, -0.2) is 0 Å². The van der Waals surface area contributed by atoms with Crippen LogP contribution in [0.3, 0.4) is 0 Å². The fraction of sp³-hybridized carbons (Fsp3) is 0.0714. The van der Waals surface area contributed by atoms with Crippen molar-refractivity contribution in [1.82, 2.24) is 10.3 Å². The van der Waals surface area contributed by atoms with Crippen LogP contribution in [0, 0.1) is 0 Å². The normalized spacial score (nSPS) is 10.1. The van der Waals surface area contributed by atoms with Crippen LogP contribution >= 0.6 is 23.8 Å². The molecule has 0 radical (unpaired) electrons. The van der Waals surface area contributed by atoms with E-state index in [0.29, 0.717) is 22.1 Å². The zero-order chi connectivity index (χ0) is 14.5. The van der Waals surface area contributed by atoms with Crippen LogP contribution in [-0.4, -0.2) is 15.9 Å². The van der Waals surface area contributed by atoms with Crippen molar-refractivity contribution in [3.05, 3.63) is 64.4 Å². The topological polar surface area (TPSA) is 68.0 Å². The Morgan fingerprint density at radius 3 is 2.90 bits per heavy atom. The van der Waals surface area contributed by atoms with Crippen LogP contribution in [0.2, 0.25) is 5.02 Å². The molecule has 1 aromatic carbocycles. The van der Waals surface area contributed by atoms with Crippen molar-refractivity contribution in [2.75, 3.05) is 0 Å². The summed E-state index contributed by atoms with van der Waals surface area (Å²) in [5.41, 5.74) is 7.65. The van der Waals surface area contributed by atoms with Crippen LogP contribution < -0.4 is 11.1 Å². The molecule has 0 saturated heterocycles. The van der Waals surface area contributed by atoms with E-state index in [2.05, 4.69) is 10.3 Å². The quantitative estimate of drug-likeness (QED) is 0.851. The lowest BCUT2D eigenvalue weighted by atomic mass is 10.1. The minimum atomic E-state index is -0.252. The molecule has 20 heavy (non-hydrogen) atoms. The molecule has 0 aliphatic carbocycles. The number of aromatic nitrogens is 1. The van der Waals surface area contributed by atoms with E-state index >= 15 is 0 Å². The first-order valence-corrected chi connectivity index (χ1v) is 6.63. The lowest BCUT2D eigenvalue weighted by Gasteiger charge is -2.07. The van der Waals surface area contributed by atoms with E-state index < -0.39 is 0 Å². The van der Waals surface area contributed by atoms with Crippen molar-refractivity contribution in [1.29, 1.82) is 0 Å². The number of hydrogen-bond donors (Lipinski definition) is 2. The third kappa shape index (κ3) is 3.53. The number of nitrogens with zero attached hydrogens (tertiary/aromatic N) is 1. The van der Waals surface area contributed by atoms with Crippen LogP contribution in [-0.2, 0) is 6.54 Å². The molecule has 1 heterocycles. The molecule has 102 valence electrons. The number of hydrogen-bond acceptors (Lipinski definition) is 3. The Kier molecular flexibility index (Phi) is 4.65. The van der Waals surface area contributed by atoms with Gasteiger partial charge in [0.05, 0.1) is 10.6 Å². The molecule has 1 amide bonds. The molecule has 0 unspecified atom stereocenters. The fourth-order valence-corrected chi connectivity index (χ4v) is 2.00. The number of nitrogens with two attached hydrogens (primary N) is 1. The number of pyridine rings is 1. The Hall–Kier alpha value is -1.98. The monoisotopic (exact) mass is 305 g/mol. The Bertz CT molecular complexity index is 660. The molecule has 3 N–H and O–H groups in total. The second kappa shape index (κ2) is 6.45. The number of carbonyl (C=O) groups is 1. The second-order valence-electron chi connectivity index (χ2n) is 4.10. The zero-order valence-corrected chi connectivity index (χ0v) is 12.0. The molecule has 6 heteroatoms. The van der Waals surface area contributed by atoms with Gasteiger partial charge in [-0.1, -0.05) is 42.0 Å². The highest BCUT2D eigenvalue weighted by Crippen LogP contribution is 2.13. The highest BCUT2D eigenvalue weighted by molar-refractivity contribution is 7.80. The maximum absolute atomic E-state index is 12.0. The van der Waals surface area contributed by atoms with E-state index in [9.17, 15) is 4.79 Å². The van der Waals surface area contributed by atoms with E-state index in [1.165, 1.54) is 12.4 Å². The Labute approximate surface area is 127 Å². The Morgan fingerprint density at radius 1 is 1.40 bits per heavy atom. The van der Waals surface area contributed by atoms with E-state index in [4.69, 9.17) is 29.6 Å². The summed E-state index contributed by atoms with van der Waals surface area (Å²) in [6.07, 6.45) is 2.96. The molecule has 0 aliphatic rings. The van der Waals surface area contributed by atoms with Gasteiger partial charge in [0.15, 0.2) is 0 Å². The maximum Gasteiger partial charge on any atom is 0.253 e. The molecule has 4 nitrogen and oxygen atoms in total. The minimum absolute atomic E-state index is 0.252. The molecule has 2 rings (SSSR count). The van der Waals surface area contributed by atoms with Gasteiger partial charge in [-0.15, -0.1) is 0 Å². The highest BCUT2D eigenvalue weighted by atomic mass is 35.5. The summed E-state index contributed by atoms with van der Waals surface area (Å²) in [5.74, 6) is -0.252. The lowest BCUT2D eigenvalue weighted by Crippen LogP contribution is -2.23. The first kappa shape index (κ1) is 14.4. The third-order valence-corrected chi connectivity index (χ3v) is 3.22. The number of thiocarbonyl (C=S) groups is 1. The summed E-state index contributed by atoms with van der Waals surface area (Å²) in [7, 11) is 0. The molecule has 0 saturated carbocycles. The number of amides is 1. The van der Waals surface area contributed by atoms with Crippen molar-refractivity contribution in [2.45, 2.75) is 6.54 Å². The van der Waals surface area contributed by atoms with Crippen LogP contribution in [0.15, 0.2) is 42.7 Å². The fourth-order valence-electron chi connectivity index (χ4n) is 1.67. The molecule has 0 aliphatic heterocycles. The Balaban J connectivity index is 2.06. The minimum Gasteiger partial charge on any atom is -0.389 e. The van der Waals surface area contributed by atoms with Crippen molar-refractivity contribution in [3.63, 3.8) is 0 Å². The van der Waals surface area contributed by atoms with Crippen LogP contribution in [0.25, 0.3) is 0 Å². The molecule has 1 aromatic heterocycles. The van der Waals surface area contributed by atoms with Gasteiger partial charge in [-0.3, -0.25) is 9.78 Å². The summed E-state index contributed by atoms with van der Waals surface area (Å²) in [6, 6.07) is 8.97. The molecule has 0 spiro atoms. The van der Waals surface area contributed by atoms with Gasteiger partial charge in [-0.2, -0.15) is 0 Å². The molecule has 2 aromatic rings. The average molecular weight is 306 g/mol. The largest absolute Gasteiger partial charge is 0.389 e. The standard InChI is InChI=1S/C14H12ClN3OS/c15-12-8-17-5-4-11(12)14(19)18-7-9-2-1-3-10(6-9)13(16)20/h1-6,8H,7H2,(H2,16,20)(H,18,19). The second-order valence-corrected chi connectivity index (χ2v) is 4.95. The van der Waals surface area contributed by atoms with Crippen molar-refractivity contribution >= 4 is 34.7 Å². The number of carbonyl (C=O) groups excluding carboxylic acids is 1. The zero-order valence-electron chi connectivity index (χ0n) is 10.5. The molecular formula is C14H12ClN3OS. The summed E-state index contributed by atoms with van der Waals surface area (Å²) >= 11 is 10.8. The first-order valence-electron chi connectivity index (χ1n) is 5.84. The van der Waals surface area contributed by atoms with E-state index in [0.717, 1.165) is 11.1 Å². The van der Waals surface area contributed by atoms with Gasteiger partial charge < -0.3 is 11.1 Å². The van der Waals surface area contributed by atoms with Crippen LogP contribution in [0.5, 0.6) is 0 Å². The third-order valence-electron chi connectivity index (χ3n) is 2.68. The summed E-state index contributed by atoms with van der Waals surface area (Å²) in [4.78, 5) is 16.1. The van der Waals surface area contributed by atoms with E-state index in [1.807, 2.05) is 24.3 Å². The number of benzene rings is 1. The predicted molar refractivity (Wildman–Crippen MR) is 82.7 cm³/mol. The maximum atomic E-state index is 12.0. The van der Waals surface area contributed by atoms with Gasteiger partial charge in [0.25, 0.3) is 5.91 Å². The first-order chi connectivity index (χ1) is 9.58. The SMILES string of the molecule is NC(=S)c1cccc(CNC(=O)c2ccncc2Cl)c1. The average Bonchev–Trinajstić information content (AvgIpc) is 2.45. The number of rotatable bonds is 4. The summed E-state index contributed by atoms with van der Waals surface area (Å²) in [5, 5.41) is 3.11. The van der Waals surface area contributed by atoms with Crippen molar-refractivity contribution in [3.8, 4) is 0 Å². The van der Waals surface area contributed by atoms with E-state index in [1.54, 1.807) is 6.07 Å². The van der Waals surface area contributed by atoms with Gasteiger partial charge in [0.2, 0.25) is 0 Å². The van der Waals surface area contributed by atoms with Gasteiger partial charge in [-0.05, 0) is 17.7 Å². The Morgan fingerprint density at radius 2 is 2.20 bits per heavy atom. The van der Waals surface area contributed by atoms with Crippen molar-refractivity contribution in [2.24, 2.45) is 5.73 Å². The van der Waals surface area contributed by atoms with E-state index in [-0.39, 0.29) is 5.91 Å². The summed E-state index contributed by atoms with van der Waals surface area (Å²) < 4.78 is 0. The van der Waals surface area contributed by atoms with Gasteiger partial charge >= 0.3 is 0 Å². The molecule has 0 fully saturated rings. The van der Waals surface area contributed by atoms with Crippen LogP contribution in [0.4, 0.5) is 0 Å². The number of halogens is 1. The number of nitrogens with one attached hydrogen (secondary N) is 1. The van der Waals surface area contributed by atoms with Crippen molar-refractivity contribution < 1.29 is 4.79 Å². The molecule has 0 atom stereocenters. The van der Waals surface area contributed by atoms with Gasteiger partial charge in [0.1, 0.15) is 4.99 Å². The highest BCUT2D eigenvalue weighted by Gasteiger charge is 2.09. The van der Waals surface area contributed by atoms with Crippen LogP contribution in [0.1, 0.15) is 21.5 Å². The summed E-state index contributed by atoms with van der Waals surface area (Å²) in [6.45, 7) is 0.369. The predicted octanol–water partition coefficient (Wildman–Crippen LogP) is 2.30. The molecule has 0 bridgehead atoms.